The van der Waals surface area contributed by atoms with Gasteiger partial charge in [-0.3, -0.25) is 4.79 Å². The number of carboxylic acid groups (broad SMARTS) is 1. The predicted molar refractivity (Wildman–Crippen MR) is 93.4 cm³/mol. The van der Waals surface area contributed by atoms with Gasteiger partial charge in [0, 0.05) is 23.2 Å². The van der Waals surface area contributed by atoms with Gasteiger partial charge < -0.3 is 10.4 Å². The lowest BCUT2D eigenvalue weighted by Crippen LogP contribution is -2.49. The molecule has 0 bridgehead atoms. The van der Waals surface area contributed by atoms with E-state index in [0.29, 0.717) is 5.56 Å². The normalized spacial score (nSPS) is 13.8. The molecule has 98 valence electrons. The summed E-state index contributed by atoms with van der Waals surface area (Å²) < 4.78 is 2.67. The van der Waals surface area contributed by atoms with Crippen molar-refractivity contribution < 1.29 is 14.7 Å². The minimum Gasteiger partial charge on any atom is -0.479 e. The molecule has 0 fully saturated rings. The van der Waals surface area contributed by atoms with Crippen molar-refractivity contribution in [1.29, 1.82) is 0 Å². The fourth-order valence-electron chi connectivity index (χ4n) is 1.59. The quantitative estimate of drug-likeness (QED) is 0.537. The molecular formula is C11H10I3NO3. The number of carbonyl (C=O) groups is 2. The number of rotatable bonds is 3. The number of amides is 1. The second kappa shape index (κ2) is 6.20. The fraction of sp³-hybridized carbons (Fsp3) is 0.273. The summed E-state index contributed by atoms with van der Waals surface area (Å²) in [4.78, 5) is 22.8. The van der Waals surface area contributed by atoms with Gasteiger partial charge >= 0.3 is 5.97 Å². The summed E-state index contributed by atoms with van der Waals surface area (Å²) in [5, 5.41) is 12.0. The average Bonchev–Trinajstić information content (AvgIpc) is 2.13. The molecule has 1 aromatic rings. The second-order valence-corrected chi connectivity index (χ2v) is 7.43. The van der Waals surface area contributed by atoms with E-state index in [9.17, 15) is 14.7 Å². The first kappa shape index (κ1) is 16.4. The topological polar surface area (TPSA) is 66.4 Å². The van der Waals surface area contributed by atoms with Crippen molar-refractivity contribution in [3.8, 4) is 0 Å². The zero-order valence-corrected chi connectivity index (χ0v) is 16.0. The Labute approximate surface area is 146 Å². The predicted octanol–water partition coefficient (Wildman–Crippen LogP) is 2.94. The van der Waals surface area contributed by atoms with Crippen LogP contribution < -0.4 is 5.32 Å². The Bertz CT molecular complexity index is 495. The molecule has 1 amide bonds. The van der Waals surface area contributed by atoms with Crippen LogP contribution in [0.25, 0.3) is 0 Å². The summed E-state index contributed by atoms with van der Waals surface area (Å²) >= 11 is 6.36. The third-order valence-corrected chi connectivity index (χ3v) is 4.69. The van der Waals surface area contributed by atoms with Gasteiger partial charge in [-0.25, -0.2) is 4.79 Å². The Hall–Kier alpha value is 0.350. The molecule has 4 nitrogen and oxygen atoms in total. The first-order valence-corrected chi connectivity index (χ1v) is 8.09. The van der Waals surface area contributed by atoms with Crippen LogP contribution in [-0.2, 0) is 15.1 Å². The van der Waals surface area contributed by atoms with Crippen molar-refractivity contribution in [3.05, 3.63) is 28.4 Å². The van der Waals surface area contributed by atoms with E-state index >= 15 is 0 Å². The molecule has 0 radical (unpaired) electrons. The van der Waals surface area contributed by atoms with Crippen LogP contribution in [0.15, 0.2) is 12.1 Å². The third kappa shape index (κ3) is 3.46. The van der Waals surface area contributed by atoms with Gasteiger partial charge in [0.2, 0.25) is 5.91 Å². The highest BCUT2D eigenvalue weighted by Crippen LogP contribution is 2.32. The van der Waals surface area contributed by atoms with Crippen LogP contribution in [0, 0.1) is 10.7 Å². The number of carbonyl (C=O) groups excluding carboxylic acids is 1. The molecule has 2 N–H and O–H groups in total. The number of hydrogen-bond donors (Lipinski definition) is 2. The molecule has 1 aromatic carbocycles. The molecule has 1 atom stereocenters. The number of carboxylic acids is 1. The van der Waals surface area contributed by atoms with Crippen LogP contribution in [-0.4, -0.2) is 17.0 Å². The number of halogens is 3. The monoisotopic (exact) mass is 585 g/mol. The van der Waals surface area contributed by atoms with Gasteiger partial charge in [-0.1, -0.05) is 0 Å². The molecule has 0 aliphatic heterocycles. The van der Waals surface area contributed by atoms with Gasteiger partial charge in [-0.2, -0.15) is 0 Å². The van der Waals surface area contributed by atoms with Crippen LogP contribution in [0.1, 0.15) is 19.4 Å². The maximum atomic E-state index is 11.5. The summed E-state index contributed by atoms with van der Waals surface area (Å²) in [5.41, 5.74) is -0.796. The van der Waals surface area contributed by atoms with Gasteiger partial charge in [0.15, 0.2) is 5.54 Å². The number of benzene rings is 1. The lowest BCUT2D eigenvalue weighted by Gasteiger charge is -2.28. The SMILES string of the molecule is CC(=O)NC(C)(C(=O)O)c1c(I)cc(I)cc1I. The molecule has 0 saturated heterocycles. The Morgan fingerprint density at radius 2 is 1.67 bits per heavy atom. The van der Waals surface area contributed by atoms with Crippen LogP contribution in [0.4, 0.5) is 0 Å². The van der Waals surface area contributed by atoms with E-state index in [2.05, 4.69) is 73.1 Å². The molecule has 18 heavy (non-hydrogen) atoms. The van der Waals surface area contributed by atoms with E-state index in [1.807, 2.05) is 12.1 Å². The van der Waals surface area contributed by atoms with E-state index in [4.69, 9.17) is 0 Å². The van der Waals surface area contributed by atoms with Gasteiger partial charge in [-0.05, 0) is 86.8 Å². The van der Waals surface area contributed by atoms with Crippen LogP contribution in [0.5, 0.6) is 0 Å². The summed E-state index contributed by atoms with van der Waals surface area (Å²) in [6.45, 7) is 2.82. The molecular weight excluding hydrogens is 575 g/mol. The number of nitrogens with one attached hydrogen (secondary N) is 1. The smallest absolute Gasteiger partial charge is 0.333 e. The molecule has 0 aliphatic carbocycles. The number of aliphatic carboxylic acids is 1. The molecule has 0 saturated carbocycles. The van der Waals surface area contributed by atoms with Crippen LogP contribution in [0.3, 0.4) is 0 Å². The highest BCUT2D eigenvalue weighted by molar-refractivity contribution is 14.1. The summed E-state index contributed by atoms with van der Waals surface area (Å²) in [5.74, 6) is -1.44. The second-order valence-electron chi connectivity index (χ2n) is 3.86. The van der Waals surface area contributed by atoms with Crippen LogP contribution >= 0.6 is 67.8 Å². The molecule has 0 aromatic heterocycles. The minimum atomic E-state index is -1.41. The first-order chi connectivity index (χ1) is 8.18. The Morgan fingerprint density at radius 3 is 2.00 bits per heavy atom. The summed E-state index contributed by atoms with van der Waals surface area (Å²) in [6, 6.07) is 3.78. The van der Waals surface area contributed by atoms with Gasteiger partial charge in [0.05, 0.1) is 0 Å². The highest BCUT2D eigenvalue weighted by atomic mass is 127. The van der Waals surface area contributed by atoms with Gasteiger partial charge in [0.25, 0.3) is 0 Å². The Balaban J connectivity index is 3.48. The van der Waals surface area contributed by atoms with E-state index in [0.717, 1.165) is 10.7 Å². The third-order valence-electron chi connectivity index (χ3n) is 2.36. The molecule has 1 rings (SSSR count). The maximum absolute atomic E-state index is 11.5. The molecule has 0 heterocycles. The van der Waals surface area contributed by atoms with Gasteiger partial charge in [0.1, 0.15) is 0 Å². The average molecular weight is 585 g/mol. The lowest BCUT2D eigenvalue weighted by atomic mass is 9.92. The maximum Gasteiger partial charge on any atom is 0.333 e. The largest absolute Gasteiger partial charge is 0.479 e. The zero-order chi connectivity index (χ0) is 14.1. The van der Waals surface area contributed by atoms with E-state index in [1.54, 1.807) is 0 Å². The van der Waals surface area contributed by atoms with E-state index in [-0.39, 0.29) is 5.91 Å². The molecule has 7 heteroatoms. The molecule has 0 spiro atoms. The van der Waals surface area contributed by atoms with Crippen molar-refractivity contribution in [2.45, 2.75) is 19.4 Å². The van der Waals surface area contributed by atoms with Gasteiger partial charge in [-0.15, -0.1) is 0 Å². The Kier molecular flexibility index (Phi) is 5.65. The zero-order valence-electron chi connectivity index (χ0n) is 9.55. The van der Waals surface area contributed by atoms with Crippen molar-refractivity contribution >= 4 is 79.6 Å². The molecule has 1 unspecified atom stereocenters. The Morgan fingerprint density at radius 1 is 1.22 bits per heavy atom. The summed E-state index contributed by atoms with van der Waals surface area (Å²) in [7, 11) is 0. The molecule has 0 aliphatic rings. The standard InChI is InChI=1S/C11H10I3NO3/c1-5(16)15-11(2,10(17)18)9-7(13)3-6(12)4-8(9)14/h3-4H,1-2H3,(H,15,16)(H,17,18). The van der Waals surface area contributed by atoms with Crippen molar-refractivity contribution in [3.63, 3.8) is 0 Å². The van der Waals surface area contributed by atoms with E-state index < -0.39 is 11.5 Å². The first-order valence-electron chi connectivity index (χ1n) is 4.85. The van der Waals surface area contributed by atoms with Crippen molar-refractivity contribution in [2.24, 2.45) is 0 Å². The van der Waals surface area contributed by atoms with Crippen LogP contribution in [0.2, 0.25) is 0 Å². The minimum absolute atomic E-state index is 0.370. The van der Waals surface area contributed by atoms with E-state index in [1.165, 1.54) is 13.8 Å². The van der Waals surface area contributed by atoms with Crippen molar-refractivity contribution in [2.75, 3.05) is 0 Å². The fourth-order valence-corrected chi connectivity index (χ4v) is 6.26. The lowest BCUT2D eigenvalue weighted by molar-refractivity contribution is -0.147. The van der Waals surface area contributed by atoms with Crippen molar-refractivity contribution in [1.82, 2.24) is 5.32 Å². The summed E-state index contributed by atoms with van der Waals surface area (Å²) in [6.07, 6.45) is 0. The highest BCUT2D eigenvalue weighted by Gasteiger charge is 2.39. The number of hydrogen-bond acceptors (Lipinski definition) is 2.